The van der Waals surface area contributed by atoms with Crippen LogP contribution < -0.4 is 10.1 Å². The Morgan fingerprint density at radius 2 is 1.95 bits per heavy atom. The van der Waals surface area contributed by atoms with Crippen molar-refractivity contribution in [2.24, 2.45) is 0 Å². The molecule has 1 aromatic rings. The van der Waals surface area contributed by atoms with Gasteiger partial charge in [0.2, 0.25) is 0 Å². The molecule has 0 aliphatic rings. The Hall–Kier alpha value is -1.13. The van der Waals surface area contributed by atoms with Gasteiger partial charge in [-0.3, -0.25) is 0 Å². The fraction of sp³-hybridized carbons (Fsp3) is 0.647. The van der Waals surface area contributed by atoms with Crippen LogP contribution in [0.5, 0.6) is 5.75 Å². The topological polar surface area (TPSA) is 30.5 Å². The van der Waals surface area contributed by atoms with Gasteiger partial charge < -0.3 is 14.8 Å². The molecular weight excluding hydrogens is 269 g/mol. The van der Waals surface area contributed by atoms with E-state index in [4.69, 9.17) is 9.47 Å². The molecule has 0 spiro atoms. The molecule has 0 aromatic heterocycles. The van der Waals surface area contributed by atoms with E-state index in [9.17, 15) is 4.39 Å². The summed E-state index contributed by atoms with van der Waals surface area (Å²) < 4.78 is 24.8. The normalized spacial score (nSPS) is 13.2. The van der Waals surface area contributed by atoms with Gasteiger partial charge in [0.15, 0.2) is 0 Å². The zero-order valence-corrected chi connectivity index (χ0v) is 13.8. The molecule has 1 atom stereocenters. The van der Waals surface area contributed by atoms with E-state index in [2.05, 4.69) is 19.2 Å². The lowest BCUT2D eigenvalue weighted by molar-refractivity contribution is -0.0164. The number of rotatable bonds is 8. The van der Waals surface area contributed by atoms with E-state index in [-0.39, 0.29) is 17.5 Å². The molecule has 120 valence electrons. The van der Waals surface area contributed by atoms with Gasteiger partial charge in [0.05, 0.1) is 12.2 Å². The minimum Gasteiger partial charge on any atom is -0.491 e. The van der Waals surface area contributed by atoms with Crippen LogP contribution in [0.4, 0.5) is 4.39 Å². The summed E-state index contributed by atoms with van der Waals surface area (Å²) in [6, 6.07) is 4.82. The van der Waals surface area contributed by atoms with E-state index < -0.39 is 0 Å². The lowest BCUT2D eigenvalue weighted by atomic mass is 10.1. The third kappa shape index (κ3) is 6.91. The first-order valence-electron chi connectivity index (χ1n) is 7.63. The molecule has 0 radical (unpaired) electrons. The smallest absolute Gasteiger partial charge is 0.127 e. The van der Waals surface area contributed by atoms with Crippen molar-refractivity contribution >= 4 is 0 Å². The molecule has 1 rings (SSSR count). The Bertz CT molecular complexity index is 429. The Morgan fingerprint density at radius 1 is 1.24 bits per heavy atom. The van der Waals surface area contributed by atoms with Gasteiger partial charge >= 0.3 is 0 Å². The Balaban J connectivity index is 2.64. The molecule has 0 heterocycles. The standard InChI is InChI=1S/C17H28FNO2/c1-6-9-19-13(2)15-8-7-14(18)12-16(15)20-10-11-21-17(3,4)5/h7-8,12-13,19H,6,9-11H2,1-5H3. The molecule has 0 aliphatic heterocycles. The highest BCUT2D eigenvalue weighted by Crippen LogP contribution is 2.26. The molecule has 4 heteroatoms. The van der Waals surface area contributed by atoms with Crippen molar-refractivity contribution in [3.8, 4) is 5.75 Å². The van der Waals surface area contributed by atoms with Crippen LogP contribution in [0.25, 0.3) is 0 Å². The average molecular weight is 297 g/mol. The van der Waals surface area contributed by atoms with Crippen molar-refractivity contribution < 1.29 is 13.9 Å². The third-order valence-electron chi connectivity index (χ3n) is 3.02. The molecule has 1 N–H and O–H groups in total. The molecule has 0 fully saturated rings. The van der Waals surface area contributed by atoms with Crippen LogP contribution >= 0.6 is 0 Å². The van der Waals surface area contributed by atoms with Gasteiger partial charge in [-0.05, 0) is 46.7 Å². The molecule has 0 bridgehead atoms. The van der Waals surface area contributed by atoms with Crippen molar-refractivity contribution in [1.82, 2.24) is 5.32 Å². The zero-order chi connectivity index (χ0) is 15.9. The molecule has 0 amide bonds. The Labute approximate surface area is 127 Å². The van der Waals surface area contributed by atoms with Gasteiger partial charge in [-0.25, -0.2) is 4.39 Å². The summed E-state index contributed by atoms with van der Waals surface area (Å²) in [5, 5.41) is 3.39. The molecular formula is C17H28FNO2. The minimum absolute atomic E-state index is 0.129. The van der Waals surface area contributed by atoms with Crippen LogP contribution in [-0.4, -0.2) is 25.4 Å². The number of benzene rings is 1. The van der Waals surface area contributed by atoms with Crippen molar-refractivity contribution in [2.75, 3.05) is 19.8 Å². The van der Waals surface area contributed by atoms with E-state index in [1.807, 2.05) is 20.8 Å². The van der Waals surface area contributed by atoms with E-state index in [1.54, 1.807) is 6.07 Å². The molecule has 3 nitrogen and oxygen atoms in total. The van der Waals surface area contributed by atoms with Crippen LogP contribution in [0, 0.1) is 5.82 Å². The maximum Gasteiger partial charge on any atom is 0.127 e. The Kier molecular flexibility index (Phi) is 7.12. The van der Waals surface area contributed by atoms with E-state index in [0.717, 1.165) is 18.5 Å². The molecule has 0 saturated carbocycles. The zero-order valence-electron chi connectivity index (χ0n) is 13.8. The minimum atomic E-state index is -0.284. The Morgan fingerprint density at radius 3 is 2.57 bits per heavy atom. The number of hydrogen-bond donors (Lipinski definition) is 1. The largest absolute Gasteiger partial charge is 0.491 e. The quantitative estimate of drug-likeness (QED) is 0.733. The van der Waals surface area contributed by atoms with Crippen molar-refractivity contribution in [3.63, 3.8) is 0 Å². The van der Waals surface area contributed by atoms with Crippen molar-refractivity contribution in [3.05, 3.63) is 29.6 Å². The molecule has 0 saturated heterocycles. The summed E-state index contributed by atoms with van der Waals surface area (Å²) >= 11 is 0. The highest BCUT2D eigenvalue weighted by molar-refractivity contribution is 5.36. The maximum atomic E-state index is 13.4. The van der Waals surface area contributed by atoms with Gasteiger partial charge in [-0.1, -0.05) is 13.0 Å². The summed E-state index contributed by atoms with van der Waals surface area (Å²) in [5.74, 6) is 0.303. The SMILES string of the molecule is CCCNC(C)c1ccc(F)cc1OCCOC(C)(C)C. The van der Waals surface area contributed by atoms with E-state index in [0.29, 0.717) is 19.0 Å². The molecule has 1 aromatic carbocycles. The van der Waals surface area contributed by atoms with Gasteiger partial charge in [-0.2, -0.15) is 0 Å². The summed E-state index contributed by atoms with van der Waals surface area (Å²) in [6.45, 7) is 12.0. The van der Waals surface area contributed by atoms with Crippen molar-refractivity contribution in [2.45, 2.75) is 52.7 Å². The molecule has 0 aliphatic carbocycles. The van der Waals surface area contributed by atoms with Gasteiger partial charge in [0.1, 0.15) is 18.2 Å². The first kappa shape index (κ1) is 17.9. The lowest BCUT2D eigenvalue weighted by Crippen LogP contribution is -2.23. The molecule has 1 unspecified atom stereocenters. The van der Waals surface area contributed by atoms with Gasteiger partial charge in [-0.15, -0.1) is 0 Å². The first-order chi connectivity index (χ1) is 9.83. The highest BCUT2D eigenvalue weighted by Gasteiger charge is 2.13. The fourth-order valence-electron chi connectivity index (χ4n) is 1.96. The average Bonchev–Trinajstić information content (AvgIpc) is 2.40. The lowest BCUT2D eigenvalue weighted by Gasteiger charge is -2.21. The second kappa shape index (κ2) is 8.35. The first-order valence-corrected chi connectivity index (χ1v) is 7.63. The number of ether oxygens (including phenoxy) is 2. The van der Waals surface area contributed by atoms with Crippen LogP contribution in [0.15, 0.2) is 18.2 Å². The van der Waals surface area contributed by atoms with Gasteiger partial charge in [0, 0.05) is 17.7 Å². The predicted octanol–water partition coefficient (Wildman–Crippen LogP) is 4.08. The number of hydrogen-bond acceptors (Lipinski definition) is 3. The van der Waals surface area contributed by atoms with Crippen LogP contribution in [0.2, 0.25) is 0 Å². The monoisotopic (exact) mass is 297 g/mol. The van der Waals surface area contributed by atoms with Crippen LogP contribution in [-0.2, 0) is 4.74 Å². The molecule has 21 heavy (non-hydrogen) atoms. The van der Waals surface area contributed by atoms with E-state index >= 15 is 0 Å². The number of halogens is 1. The summed E-state index contributed by atoms with van der Waals surface area (Å²) in [5.41, 5.74) is 0.782. The summed E-state index contributed by atoms with van der Waals surface area (Å²) in [6.07, 6.45) is 1.06. The predicted molar refractivity (Wildman–Crippen MR) is 84.3 cm³/mol. The van der Waals surface area contributed by atoms with Crippen LogP contribution in [0.1, 0.15) is 52.6 Å². The second-order valence-corrected chi connectivity index (χ2v) is 6.17. The number of nitrogens with one attached hydrogen (secondary N) is 1. The second-order valence-electron chi connectivity index (χ2n) is 6.17. The summed E-state index contributed by atoms with van der Waals surface area (Å²) in [7, 11) is 0. The van der Waals surface area contributed by atoms with Gasteiger partial charge in [0.25, 0.3) is 0 Å². The van der Waals surface area contributed by atoms with Crippen LogP contribution in [0.3, 0.4) is 0 Å². The fourth-order valence-corrected chi connectivity index (χ4v) is 1.96. The van der Waals surface area contributed by atoms with E-state index in [1.165, 1.54) is 12.1 Å². The van der Waals surface area contributed by atoms with Crippen molar-refractivity contribution in [1.29, 1.82) is 0 Å². The third-order valence-corrected chi connectivity index (χ3v) is 3.02. The highest BCUT2D eigenvalue weighted by atomic mass is 19.1. The summed E-state index contributed by atoms with van der Waals surface area (Å²) in [4.78, 5) is 0. The maximum absolute atomic E-state index is 13.4.